The minimum atomic E-state index is -4.63. The van der Waals surface area contributed by atoms with Gasteiger partial charge < -0.3 is 24.6 Å². The molecule has 10 nitrogen and oxygen atoms in total. The molecule has 0 saturated carbocycles. The monoisotopic (exact) mass is 853 g/mol. The number of carbonyl (C=O) groups excluding carboxylic acids is 2. The molecule has 0 aliphatic heterocycles. The Labute approximate surface area is 359 Å². The minimum Gasteiger partial charge on any atom is -0.462 e. The lowest BCUT2D eigenvalue weighted by molar-refractivity contribution is -0.161. The molecule has 0 bridgehead atoms. The van der Waals surface area contributed by atoms with E-state index in [1.54, 1.807) is 0 Å². The maximum Gasteiger partial charge on any atom is 0.472 e. The number of aliphatic hydroxyl groups is 2. The second kappa shape index (κ2) is 43.7. The summed E-state index contributed by atoms with van der Waals surface area (Å²) < 4.78 is 32.8. The predicted molar refractivity (Wildman–Crippen MR) is 242 cm³/mol. The van der Waals surface area contributed by atoms with Gasteiger partial charge in [0.25, 0.3) is 0 Å². The number of hydrogen-bond acceptors (Lipinski definition) is 9. The van der Waals surface area contributed by atoms with E-state index >= 15 is 0 Å². The molecule has 0 aromatic carbocycles. The molecule has 0 saturated heterocycles. The number of hydrogen-bond donors (Lipinski definition) is 3. The van der Waals surface area contributed by atoms with Crippen LogP contribution in [-0.2, 0) is 32.7 Å². The van der Waals surface area contributed by atoms with Crippen LogP contribution < -0.4 is 0 Å². The van der Waals surface area contributed by atoms with Crippen LogP contribution in [0.3, 0.4) is 0 Å². The molecule has 3 N–H and O–H groups in total. The maximum absolute atomic E-state index is 12.6. The molecule has 0 spiro atoms. The molecule has 0 aliphatic carbocycles. The van der Waals surface area contributed by atoms with E-state index in [1.165, 1.54) is 83.5 Å². The van der Waals surface area contributed by atoms with Gasteiger partial charge in [-0.1, -0.05) is 184 Å². The normalized spacial score (nSPS) is 14.3. The molecule has 0 heterocycles. The highest BCUT2D eigenvalue weighted by Crippen LogP contribution is 2.43. The van der Waals surface area contributed by atoms with Gasteiger partial charge in [0.15, 0.2) is 6.10 Å². The van der Waals surface area contributed by atoms with Gasteiger partial charge in [-0.25, -0.2) is 4.57 Å². The standard InChI is InChI=1S/C48H85O10P/c1-3-5-7-9-11-13-15-17-19-21-22-24-25-27-29-31-33-35-37-39-47(51)55-43-46(44-57-59(53,54)56-42-45(50)41-49)58-48(52)40-38-36-34-32-30-28-26-23-20-18-16-14-12-10-8-6-4-2/h5,7,11,13,17,19,22,24,27,29,45-46,49-50H,3-4,6,8-10,12,14-16,18,20-21,23,25-26,28,30-44H2,1-2H3,(H,53,54)/b7-5+,13-11+,19-17+,24-22+,29-27+/t45-,46+/m0/s1. The van der Waals surface area contributed by atoms with E-state index in [2.05, 4.69) is 74.6 Å². The van der Waals surface area contributed by atoms with Crippen molar-refractivity contribution in [3.63, 3.8) is 0 Å². The summed E-state index contributed by atoms with van der Waals surface area (Å²) in [5, 5.41) is 18.4. The molecule has 0 radical (unpaired) electrons. The van der Waals surface area contributed by atoms with Gasteiger partial charge in [-0.2, -0.15) is 0 Å². The first kappa shape index (κ1) is 56.7. The number of aliphatic hydroxyl groups excluding tert-OH is 2. The first-order valence-corrected chi connectivity index (χ1v) is 24.7. The number of rotatable bonds is 43. The van der Waals surface area contributed by atoms with Gasteiger partial charge in [-0.3, -0.25) is 18.6 Å². The topological polar surface area (TPSA) is 149 Å². The number of phosphoric ester groups is 1. The van der Waals surface area contributed by atoms with Crippen molar-refractivity contribution in [1.82, 2.24) is 0 Å². The Hall–Kier alpha value is -2.33. The molecule has 0 aromatic heterocycles. The van der Waals surface area contributed by atoms with Crippen molar-refractivity contribution in [2.75, 3.05) is 26.4 Å². The van der Waals surface area contributed by atoms with Gasteiger partial charge in [0.1, 0.15) is 12.7 Å². The zero-order valence-electron chi connectivity index (χ0n) is 37.2. The van der Waals surface area contributed by atoms with E-state index in [1.807, 2.05) is 0 Å². The molecule has 3 atom stereocenters. The van der Waals surface area contributed by atoms with E-state index in [0.717, 1.165) is 70.6 Å². The first-order chi connectivity index (χ1) is 28.7. The van der Waals surface area contributed by atoms with Crippen LogP contribution in [0.2, 0.25) is 0 Å². The van der Waals surface area contributed by atoms with Gasteiger partial charge in [0.2, 0.25) is 0 Å². The van der Waals surface area contributed by atoms with E-state index in [9.17, 15) is 24.2 Å². The Bertz CT molecular complexity index is 1160. The molecule has 11 heteroatoms. The summed E-state index contributed by atoms with van der Waals surface area (Å²) in [5.41, 5.74) is 0. The smallest absolute Gasteiger partial charge is 0.462 e. The van der Waals surface area contributed by atoms with Gasteiger partial charge in [0.05, 0.1) is 19.8 Å². The lowest BCUT2D eigenvalue weighted by atomic mass is 10.0. The van der Waals surface area contributed by atoms with E-state index in [0.29, 0.717) is 12.8 Å². The van der Waals surface area contributed by atoms with Crippen molar-refractivity contribution in [1.29, 1.82) is 0 Å². The summed E-state index contributed by atoms with van der Waals surface area (Å²) in [4.78, 5) is 35.1. The van der Waals surface area contributed by atoms with Crippen LogP contribution in [0.15, 0.2) is 60.8 Å². The zero-order chi connectivity index (χ0) is 43.3. The highest BCUT2D eigenvalue weighted by Gasteiger charge is 2.27. The van der Waals surface area contributed by atoms with Crippen molar-refractivity contribution in [3.05, 3.63) is 60.8 Å². The fourth-order valence-electron chi connectivity index (χ4n) is 6.14. The number of allylic oxidation sites excluding steroid dienone is 10. The summed E-state index contributed by atoms with van der Waals surface area (Å²) in [5.74, 6) is -0.960. The third-order valence-electron chi connectivity index (χ3n) is 9.69. The average Bonchev–Trinajstić information content (AvgIpc) is 3.22. The first-order valence-electron chi connectivity index (χ1n) is 23.2. The molecular formula is C48H85O10P. The molecule has 0 fully saturated rings. The average molecular weight is 853 g/mol. The van der Waals surface area contributed by atoms with Gasteiger partial charge in [-0.05, 0) is 57.8 Å². The van der Waals surface area contributed by atoms with Crippen LogP contribution in [0.25, 0.3) is 0 Å². The molecule has 1 unspecified atom stereocenters. The van der Waals surface area contributed by atoms with Crippen LogP contribution in [0.1, 0.15) is 194 Å². The van der Waals surface area contributed by atoms with Crippen LogP contribution in [0.5, 0.6) is 0 Å². The molecule has 342 valence electrons. The SMILES string of the molecule is CC/C=C/C/C=C/C/C=C/C/C=C/C/C=C/CCCCCC(=O)OC[C@H](COP(=O)(O)OC[C@@H](O)CO)OC(=O)CCCCCCCCCCCCCCCCCCC. The van der Waals surface area contributed by atoms with E-state index < -0.39 is 51.8 Å². The Morgan fingerprint density at radius 1 is 0.525 bits per heavy atom. The second-order valence-electron chi connectivity index (χ2n) is 15.4. The van der Waals surface area contributed by atoms with Crippen molar-refractivity contribution < 1.29 is 47.8 Å². The van der Waals surface area contributed by atoms with Crippen LogP contribution >= 0.6 is 7.82 Å². The maximum atomic E-state index is 12.6. The highest BCUT2D eigenvalue weighted by atomic mass is 31.2. The van der Waals surface area contributed by atoms with E-state index in [4.69, 9.17) is 23.6 Å². The van der Waals surface area contributed by atoms with Gasteiger partial charge in [-0.15, -0.1) is 0 Å². The zero-order valence-corrected chi connectivity index (χ0v) is 38.1. The Balaban J connectivity index is 4.31. The Kier molecular flexibility index (Phi) is 42.0. The third kappa shape index (κ3) is 43.6. The number of ether oxygens (including phenoxy) is 2. The van der Waals surface area contributed by atoms with Crippen molar-refractivity contribution in [3.8, 4) is 0 Å². The van der Waals surface area contributed by atoms with Crippen molar-refractivity contribution in [2.24, 2.45) is 0 Å². The van der Waals surface area contributed by atoms with Gasteiger partial charge >= 0.3 is 19.8 Å². The third-order valence-corrected chi connectivity index (χ3v) is 10.6. The van der Waals surface area contributed by atoms with Crippen LogP contribution in [0, 0.1) is 0 Å². The number of carbonyl (C=O) groups is 2. The van der Waals surface area contributed by atoms with Crippen molar-refractivity contribution in [2.45, 2.75) is 206 Å². The molecular weight excluding hydrogens is 767 g/mol. The lowest BCUT2D eigenvalue weighted by Crippen LogP contribution is -2.29. The summed E-state index contributed by atoms with van der Waals surface area (Å²) in [6.45, 7) is 2.24. The molecule has 0 amide bonds. The second-order valence-corrected chi connectivity index (χ2v) is 16.9. The summed E-state index contributed by atoms with van der Waals surface area (Å²) in [6.07, 6.45) is 49.0. The number of esters is 2. The van der Waals surface area contributed by atoms with Crippen LogP contribution in [0.4, 0.5) is 0 Å². The largest absolute Gasteiger partial charge is 0.472 e. The molecule has 59 heavy (non-hydrogen) atoms. The highest BCUT2D eigenvalue weighted by molar-refractivity contribution is 7.47. The summed E-state index contributed by atoms with van der Waals surface area (Å²) in [6, 6.07) is 0. The molecule has 0 rings (SSSR count). The summed E-state index contributed by atoms with van der Waals surface area (Å²) in [7, 11) is -4.63. The minimum absolute atomic E-state index is 0.177. The van der Waals surface area contributed by atoms with Crippen LogP contribution in [-0.4, -0.2) is 65.7 Å². The van der Waals surface area contributed by atoms with Gasteiger partial charge in [0, 0.05) is 12.8 Å². The fraction of sp³-hybridized carbons (Fsp3) is 0.750. The molecule has 0 aliphatic rings. The number of phosphoric acid groups is 1. The quantitative estimate of drug-likeness (QED) is 0.0234. The Morgan fingerprint density at radius 2 is 0.932 bits per heavy atom. The predicted octanol–water partition coefficient (Wildman–Crippen LogP) is 12.7. The van der Waals surface area contributed by atoms with Crippen molar-refractivity contribution >= 4 is 19.8 Å². The molecule has 0 aromatic rings. The Morgan fingerprint density at radius 3 is 1.41 bits per heavy atom. The summed E-state index contributed by atoms with van der Waals surface area (Å²) >= 11 is 0. The lowest BCUT2D eigenvalue weighted by Gasteiger charge is -2.20. The number of unbranched alkanes of at least 4 members (excludes halogenated alkanes) is 19. The fourth-order valence-corrected chi connectivity index (χ4v) is 6.93. The van der Waals surface area contributed by atoms with E-state index in [-0.39, 0.29) is 19.4 Å².